The minimum atomic E-state index is -1.03. The first-order valence-corrected chi connectivity index (χ1v) is 8.34. The van der Waals surface area contributed by atoms with Gasteiger partial charge in [0.1, 0.15) is 6.04 Å². The molecule has 0 saturated carbocycles. The summed E-state index contributed by atoms with van der Waals surface area (Å²) in [6, 6.07) is 12.6. The van der Waals surface area contributed by atoms with Crippen LogP contribution in [0.3, 0.4) is 0 Å². The largest absolute Gasteiger partial charge is 0.392 e. The summed E-state index contributed by atoms with van der Waals surface area (Å²) < 4.78 is 0. The number of aliphatic hydroxyl groups is 1. The molecule has 2 amide bonds. The molecule has 1 atom stereocenters. The summed E-state index contributed by atoms with van der Waals surface area (Å²) >= 11 is 0. The van der Waals surface area contributed by atoms with Gasteiger partial charge in [-0.15, -0.1) is 0 Å². The zero-order chi connectivity index (χ0) is 20.4. The van der Waals surface area contributed by atoms with Gasteiger partial charge in [-0.3, -0.25) is 14.8 Å². The normalized spacial score (nSPS) is 10.5. The third-order valence-corrected chi connectivity index (χ3v) is 3.73. The molecule has 0 bridgehead atoms. The number of hydrogen-bond donors (Lipinski definition) is 5. The van der Waals surface area contributed by atoms with Crippen molar-refractivity contribution in [3.8, 4) is 23.7 Å². The third-order valence-electron chi connectivity index (χ3n) is 3.73. The van der Waals surface area contributed by atoms with Crippen LogP contribution in [0.5, 0.6) is 0 Å². The van der Waals surface area contributed by atoms with Gasteiger partial charge < -0.3 is 16.2 Å². The molecule has 0 aliphatic rings. The van der Waals surface area contributed by atoms with E-state index in [1.165, 1.54) is 5.48 Å². The summed E-state index contributed by atoms with van der Waals surface area (Å²) in [6.45, 7) is -0.161. The molecule has 0 heterocycles. The lowest BCUT2D eigenvalue weighted by Gasteiger charge is -2.14. The van der Waals surface area contributed by atoms with Crippen LogP contribution in [-0.2, 0) is 11.4 Å². The molecule has 2 rings (SSSR count). The Balaban J connectivity index is 1.99. The molecule has 142 valence electrons. The molecule has 0 aromatic heterocycles. The van der Waals surface area contributed by atoms with Crippen molar-refractivity contribution in [3.63, 3.8) is 0 Å². The van der Waals surface area contributed by atoms with E-state index in [2.05, 4.69) is 29.0 Å². The summed E-state index contributed by atoms with van der Waals surface area (Å²) in [7, 11) is 0. The molecule has 28 heavy (non-hydrogen) atoms. The molecule has 0 radical (unpaired) electrons. The molecule has 6 N–H and O–H groups in total. The lowest BCUT2D eigenvalue weighted by atomic mass is 10.1. The molecule has 0 unspecified atom stereocenters. The molecule has 0 saturated heterocycles. The van der Waals surface area contributed by atoms with Gasteiger partial charge in [-0.1, -0.05) is 24.0 Å². The van der Waals surface area contributed by atoms with Gasteiger partial charge in [-0.2, -0.15) is 0 Å². The number of rotatable bonds is 5. The second-order valence-electron chi connectivity index (χ2n) is 5.67. The van der Waals surface area contributed by atoms with Gasteiger partial charge in [0.05, 0.1) is 6.61 Å². The Kier molecular flexibility index (Phi) is 7.77. The molecule has 0 spiro atoms. The first-order chi connectivity index (χ1) is 13.6. The van der Waals surface area contributed by atoms with Crippen molar-refractivity contribution in [1.29, 1.82) is 0 Å². The van der Waals surface area contributed by atoms with Gasteiger partial charge in [0.2, 0.25) is 0 Å². The monoisotopic (exact) mass is 377 g/mol. The Morgan fingerprint density at radius 3 is 1.96 bits per heavy atom. The summed E-state index contributed by atoms with van der Waals surface area (Å²) in [4.78, 5) is 23.5. The fraction of sp³-hybridized carbons (Fsp3) is 0.143. The predicted molar refractivity (Wildman–Crippen MR) is 103 cm³/mol. The number of nitrogens with one attached hydrogen (secondary N) is 2. The average Bonchev–Trinajstić information content (AvgIpc) is 2.75. The van der Waals surface area contributed by atoms with Crippen LogP contribution in [0.1, 0.15) is 27.0 Å². The van der Waals surface area contributed by atoms with E-state index in [1.807, 2.05) is 0 Å². The van der Waals surface area contributed by atoms with Crippen molar-refractivity contribution in [1.82, 2.24) is 10.8 Å². The van der Waals surface area contributed by atoms with Crippen molar-refractivity contribution >= 4 is 11.8 Å². The minimum Gasteiger partial charge on any atom is -0.392 e. The number of nitrogens with two attached hydrogens (primary N) is 1. The highest BCUT2D eigenvalue weighted by Gasteiger charge is 2.19. The third kappa shape index (κ3) is 5.97. The topological polar surface area (TPSA) is 125 Å². The quantitative estimate of drug-likeness (QED) is 0.288. The molecular formula is C21H19N3O4. The molecular weight excluding hydrogens is 358 g/mol. The van der Waals surface area contributed by atoms with Crippen LogP contribution in [0, 0.1) is 23.7 Å². The predicted octanol–water partition coefficient (Wildman–Crippen LogP) is 0.145. The van der Waals surface area contributed by atoms with E-state index in [9.17, 15) is 9.59 Å². The van der Waals surface area contributed by atoms with Crippen LogP contribution >= 0.6 is 0 Å². The number of hydrogen-bond acceptors (Lipinski definition) is 5. The lowest BCUT2D eigenvalue weighted by molar-refractivity contribution is -0.130. The van der Waals surface area contributed by atoms with E-state index in [1.54, 1.807) is 48.5 Å². The fourth-order valence-corrected chi connectivity index (χ4v) is 2.16. The smallest absolute Gasteiger partial charge is 0.267 e. The number of carbonyl (C=O) groups excluding carboxylic acids is 2. The summed E-state index contributed by atoms with van der Waals surface area (Å²) in [5, 5.41) is 20.0. The molecule has 7 heteroatoms. The molecule has 0 aliphatic heterocycles. The van der Waals surface area contributed by atoms with Crippen molar-refractivity contribution in [2.75, 3.05) is 6.54 Å². The zero-order valence-corrected chi connectivity index (χ0v) is 14.9. The highest BCUT2D eigenvalue weighted by molar-refractivity contribution is 5.97. The Morgan fingerprint density at radius 2 is 1.50 bits per heavy atom. The van der Waals surface area contributed by atoms with Crippen LogP contribution in [0.2, 0.25) is 0 Å². The number of carbonyl (C=O) groups is 2. The summed E-state index contributed by atoms with van der Waals surface area (Å²) in [6.07, 6.45) is 0. The van der Waals surface area contributed by atoms with Crippen molar-refractivity contribution in [3.05, 3.63) is 70.8 Å². The number of hydroxylamine groups is 1. The number of amides is 2. The molecule has 0 aliphatic carbocycles. The SMILES string of the molecule is NC[C@H](NC(=O)c1ccc(C#CC#Cc2ccc(CO)cc2)cc1)C(=O)NO. The second kappa shape index (κ2) is 10.5. The Labute approximate surface area is 162 Å². The van der Waals surface area contributed by atoms with Gasteiger partial charge in [0.15, 0.2) is 0 Å². The van der Waals surface area contributed by atoms with E-state index in [-0.39, 0.29) is 13.2 Å². The zero-order valence-electron chi connectivity index (χ0n) is 14.9. The lowest BCUT2D eigenvalue weighted by Crippen LogP contribution is -2.50. The average molecular weight is 377 g/mol. The number of aliphatic hydroxyl groups excluding tert-OH is 1. The number of benzene rings is 2. The Hall–Kier alpha value is -3.62. The minimum absolute atomic E-state index is 0.0109. The van der Waals surface area contributed by atoms with Crippen LogP contribution < -0.4 is 16.5 Å². The van der Waals surface area contributed by atoms with Crippen LogP contribution in [0.15, 0.2) is 48.5 Å². The Bertz CT molecular complexity index is 946. The van der Waals surface area contributed by atoms with Gasteiger partial charge in [0, 0.05) is 23.2 Å². The van der Waals surface area contributed by atoms with Gasteiger partial charge >= 0.3 is 0 Å². The Morgan fingerprint density at radius 1 is 0.964 bits per heavy atom. The van der Waals surface area contributed by atoms with E-state index < -0.39 is 17.9 Å². The maximum absolute atomic E-state index is 12.1. The maximum Gasteiger partial charge on any atom is 0.267 e. The highest BCUT2D eigenvalue weighted by Crippen LogP contribution is 2.04. The van der Waals surface area contributed by atoms with Gasteiger partial charge in [0.25, 0.3) is 11.8 Å². The molecule has 2 aromatic carbocycles. The summed E-state index contributed by atoms with van der Waals surface area (Å²) in [5.74, 6) is 9.96. The van der Waals surface area contributed by atoms with Crippen molar-refractivity contribution < 1.29 is 19.9 Å². The molecule has 2 aromatic rings. The van der Waals surface area contributed by atoms with Crippen molar-refractivity contribution in [2.24, 2.45) is 5.73 Å². The first kappa shape index (κ1) is 20.7. The van der Waals surface area contributed by atoms with E-state index in [0.29, 0.717) is 11.1 Å². The first-order valence-electron chi connectivity index (χ1n) is 8.34. The van der Waals surface area contributed by atoms with Crippen molar-refractivity contribution in [2.45, 2.75) is 12.6 Å². The van der Waals surface area contributed by atoms with Crippen LogP contribution in [-0.4, -0.2) is 34.7 Å². The summed E-state index contributed by atoms with van der Waals surface area (Å²) in [5.41, 5.74) is 9.45. The van der Waals surface area contributed by atoms with E-state index in [0.717, 1.165) is 11.1 Å². The second-order valence-corrected chi connectivity index (χ2v) is 5.67. The van der Waals surface area contributed by atoms with E-state index in [4.69, 9.17) is 16.0 Å². The highest BCUT2D eigenvalue weighted by atomic mass is 16.5. The maximum atomic E-state index is 12.1. The fourth-order valence-electron chi connectivity index (χ4n) is 2.16. The van der Waals surface area contributed by atoms with Crippen LogP contribution in [0.25, 0.3) is 0 Å². The van der Waals surface area contributed by atoms with Crippen LogP contribution in [0.4, 0.5) is 0 Å². The molecule has 0 fully saturated rings. The van der Waals surface area contributed by atoms with Gasteiger partial charge in [-0.05, 0) is 53.8 Å². The van der Waals surface area contributed by atoms with Gasteiger partial charge in [-0.25, -0.2) is 5.48 Å². The van der Waals surface area contributed by atoms with E-state index >= 15 is 0 Å². The molecule has 7 nitrogen and oxygen atoms in total. The standard InChI is InChI=1S/C21H19N3O4/c22-13-19(21(27)24-28)23-20(26)18-11-9-16(10-12-18)4-2-1-3-15-5-7-17(14-25)8-6-15/h5-12,19,25,28H,13-14,22H2,(H,23,26)(H,24,27)/t19-/m0/s1.